The predicted molar refractivity (Wildman–Crippen MR) is 80.6 cm³/mol. The molecule has 0 radical (unpaired) electrons. The lowest BCUT2D eigenvalue weighted by molar-refractivity contribution is -0.384. The minimum Gasteiger partial charge on any atom is -0.393 e. The van der Waals surface area contributed by atoms with E-state index in [1.165, 1.54) is 6.07 Å². The molecule has 1 saturated heterocycles. The van der Waals surface area contributed by atoms with Crippen molar-refractivity contribution in [2.24, 2.45) is 11.8 Å². The maximum Gasteiger partial charge on any atom is 0.269 e. The molecule has 0 spiro atoms. The molecule has 2 rings (SSSR count). The van der Waals surface area contributed by atoms with Gasteiger partial charge in [0.15, 0.2) is 0 Å². The summed E-state index contributed by atoms with van der Waals surface area (Å²) in [5.41, 5.74) is 4.19. The number of nitrogens with one attached hydrogen (secondary N) is 1. The predicted octanol–water partition coefficient (Wildman–Crippen LogP) is 1.47. The minimum atomic E-state index is -0.399. The number of aliphatic hydroxyl groups is 1. The van der Waals surface area contributed by atoms with E-state index in [1.807, 2.05) is 6.92 Å². The first kappa shape index (κ1) is 15.7. The molecule has 1 aromatic carbocycles. The van der Waals surface area contributed by atoms with Crippen molar-refractivity contribution < 1.29 is 10.0 Å². The third kappa shape index (κ3) is 3.90. The number of likely N-dealkylation sites (tertiary alicyclic amines) is 1. The van der Waals surface area contributed by atoms with E-state index in [0.717, 1.165) is 31.5 Å². The van der Waals surface area contributed by atoms with E-state index >= 15 is 0 Å². The molecule has 1 aliphatic rings. The molecule has 21 heavy (non-hydrogen) atoms. The fraction of sp³-hybridized carbons (Fsp3) is 0.571. The van der Waals surface area contributed by atoms with Gasteiger partial charge in [0.2, 0.25) is 0 Å². The third-order valence-corrected chi connectivity index (χ3v) is 4.16. The Bertz CT molecular complexity index is 499. The molecular formula is C14H22N4O3. The Morgan fingerprint density at radius 2 is 2.19 bits per heavy atom. The Balaban J connectivity index is 2.05. The number of nitro benzene ring substituents is 1. The highest BCUT2D eigenvalue weighted by molar-refractivity contribution is 5.55. The maximum atomic E-state index is 10.9. The number of nitro groups is 1. The summed E-state index contributed by atoms with van der Waals surface area (Å²) >= 11 is 0. The van der Waals surface area contributed by atoms with Gasteiger partial charge < -0.3 is 10.5 Å². The summed E-state index contributed by atoms with van der Waals surface area (Å²) in [6, 6.07) is 4.64. The molecule has 4 N–H and O–H groups in total. The summed E-state index contributed by atoms with van der Waals surface area (Å²) in [6.45, 7) is 4.20. The number of benzene rings is 1. The average Bonchev–Trinajstić information content (AvgIpc) is 2.47. The van der Waals surface area contributed by atoms with E-state index in [4.69, 9.17) is 5.84 Å². The lowest BCUT2D eigenvalue weighted by Gasteiger charge is -2.33. The molecule has 1 heterocycles. The van der Waals surface area contributed by atoms with E-state index in [9.17, 15) is 15.2 Å². The number of aliphatic hydroxyl groups excluding tert-OH is 1. The summed E-state index contributed by atoms with van der Waals surface area (Å²) in [6.07, 6.45) is 1.61. The number of hydrazine groups is 1. The van der Waals surface area contributed by atoms with Gasteiger partial charge in [-0.25, -0.2) is 0 Å². The number of nitrogen functional groups attached to an aromatic ring is 1. The van der Waals surface area contributed by atoms with Gasteiger partial charge in [-0.3, -0.25) is 20.9 Å². The van der Waals surface area contributed by atoms with Crippen molar-refractivity contribution in [2.75, 3.05) is 18.5 Å². The third-order valence-electron chi connectivity index (χ3n) is 4.16. The molecule has 1 atom stereocenters. The lowest BCUT2D eigenvalue weighted by atomic mass is 9.92. The van der Waals surface area contributed by atoms with Gasteiger partial charge in [-0.05, 0) is 50.4 Å². The molecule has 1 aliphatic heterocycles. The van der Waals surface area contributed by atoms with Crippen molar-refractivity contribution in [2.45, 2.75) is 32.4 Å². The van der Waals surface area contributed by atoms with Crippen LogP contribution in [0.4, 0.5) is 11.4 Å². The van der Waals surface area contributed by atoms with Gasteiger partial charge in [0, 0.05) is 18.7 Å². The molecule has 1 fully saturated rings. The van der Waals surface area contributed by atoms with Crippen molar-refractivity contribution >= 4 is 11.4 Å². The van der Waals surface area contributed by atoms with Crippen molar-refractivity contribution in [1.29, 1.82) is 0 Å². The van der Waals surface area contributed by atoms with Gasteiger partial charge in [-0.15, -0.1) is 0 Å². The van der Waals surface area contributed by atoms with Crippen LogP contribution in [-0.4, -0.2) is 34.1 Å². The highest BCUT2D eigenvalue weighted by Gasteiger charge is 2.23. The standard InChI is InChI=1S/C14H22N4O3/c1-10(19)11-4-6-17(7-5-11)9-12-8-13(18(20)21)2-3-14(12)16-15/h2-3,8,10-11,16,19H,4-7,9,15H2,1H3. The van der Waals surface area contributed by atoms with Gasteiger partial charge in [0.1, 0.15) is 0 Å². The number of nitrogens with zero attached hydrogens (tertiary/aromatic N) is 2. The monoisotopic (exact) mass is 294 g/mol. The van der Waals surface area contributed by atoms with Crippen LogP contribution in [0, 0.1) is 16.0 Å². The number of non-ortho nitro benzene ring substituents is 1. The summed E-state index contributed by atoms with van der Waals surface area (Å²) < 4.78 is 0. The highest BCUT2D eigenvalue weighted by Crippen LogP contribution is 2.26. The number of rotatable bonds is 5. The van der Waals surface area contributed by atoms with Crippen LogP contribution < -0.4 is 11.3 Å². The zero-order valence-electron chi connectivity index (χ0n) is 12.2. The van der Waals surface area contributed by atoms with Gasteiger partial charge in [-0.1, -0.05) is 0 Å². The molecule has 0 aromatic heterocycles. The van der Waals surface area contributed by atoms with Gasteiger partial charge in [-0.2, -0.15) is 0 Å². The van der Waals surface area contributed by atoms with E-state index in [2.05, 4.69) is 10.3 Å². The summed E-state index contributed by atoms with van der Waals surface area (Å²) in [5, 5.41) is 20.5. The van der Waals surface area contributed by atoms with Crippen molar-refractivity contribution in [3.05, 3.63) is 33.9 Å². The SMILES string of the molecule is CC(O)C1CCN(Cc2cc([N+](=O)[O-])ccc2NN)CC1. The molecule has 0 amide bonds. The number of piperidine rings is 1. The van der Waals surface area contributed by atoms with Gasteiger partial charge >= 0.3 is 0 Å². The molecule has 1 unspecified atom stereocenters. The van der Waals surface area contributed by atoms with Crippen LogP contribution in [0.15, 0.2) is 18.2 Å². The smallest absolute Gasteiger partial charge is 0.269 e. The Morgan fingerprint density at radius 3 is 2.71 bits per heavy atom. The zero-order chi connectivity index (χ0) is 15.4. The van der Waals surface area contributed by atoms with Crippen LogP contribution in [0.25, 0.3) is 0 Å². The summed E-state index contributed by atoms with van der Waals surface area (Å²) in [4.78, 5) is 12.7. The first-order valence-electron chi connectivity index (χ1n) is 7.15. The Kier molecular flexibility index (Phi) is 5.11. The van der Waals surface area contributed by atoms with Crippen LogP contribution in [0.2, 0.25) is 0 Å². The first-order chi connectivity index (χ1) is 10.0. The second-order valence-electron chi connectivity index (χ2n) is 5.60. The first-order valence-corrected chi connectivity index (χ1v) is 7.15. The second-order valence-corrected chi connectivity index (χ2v) is 5.60. The minimum absolute atomic E-state index is 0.0721. The van der Waals surface area contributed by atoms with Crippen LogP contribution >= 0.6 is 0 Å². The number of nitrogens with two attached hydrogens (primary N) is 1. The van der Waals surface area contributed by atoms with Crippen LogP contribution in [-0.2, 0) is 6.54 Å². The Labute approximate surface area is 123 Å². The summed E-state index contributed by atoms with van der Waals surface area (Å²) in [5.74, 6) is 5.82. The zero-order valence-corrected chi connectivity index (χ0v) is 12.2. The van der Waals surface area contributed by atoms with Crippen LogP contribution in [0.1, 0.15) is 25.3 Å². The quantitative estimate of drug-likeness (QED) is 0.431. The molecule has 0 bridgehead atoms. The molecular weight excluding hydrogens is 272 g/mol. The fourth-order valence-corrected chi connectivity index (χ4v) is 2.80. The van der Waals surface area contributed by atoms with Crippen molar-refractivity contribution in [1.82, 2.24) is 4.90 Å². The number of anilines is 1. The van der Waals surface area contributed by atoms with Crippen LogP contribution in [0.3, 0.4) is 0 Å². The van der Waals surface area contributed by atoms with E-state index in [0.29, 0.717) is 18.2 Å². The van der Waals surface area contributed by atoms with E-state index in [-0.39, 0.29) is 11.8 Å². The highest BCUT2D eigenvalue weighted by atomic mass is 16.6. The molecule has 0 saturated carbocycles. The molecule has 0 aliphatic carbocycles. The molecule has 1 aromatic rings. The van der Waals surface area contributed by atoms with E-state index < -0.39 is 4.92 Å². The second kappa shape index (κ2) is 6.84. The molecule has 116 valence electrons. The lowest BCUT2D eigenvalue weighted by Crippen LogP contribution is -2.36. The fourth-order valence-electron chi connectivity index (χ4n) is 2.80. The van der Waals surface area contributed by atoms with E-state index in [1.54, 1.807) is 12.1 Å². The van der Waals surface area contributed by atoms with Crippen molar-refractivity contribution in [3.8, 4) is 0 Å². The summed E-state index contributed by atoms with van der Waals surface area (Å²) in [7, 11) is 0. The van der Waals surface area contributed by atoms with Crippen molar-refractivity contribution in [3.63, 3.8) is 0 Å². The Morgan fingerprint density at radius 1 is 1.52 bits per heavy atom. The normalized spacial score (nSPS) is 18.4. The number of hydrogen-bond acceptors (Lipinski definition) is 6. The van der Waals surface area contributed by atoms with Gasteiger partial charge in [0.25, 0.3) is 5.69 Å². The maximum absolute atomic E-state index is 10.9. The molecule has 7 heteroatoms. The Hall–Kier alpha value is -1.70. The van der Waals surface area contributed by atoms with Crippen LogP contribution in [0.5, 0.6) is 0 Å². The topological polar surface area (TPSA) is 105 Å². The largest absolute Gasteiger partial charge is 0.393 e. The number of hydrogen-bond donors (Lipinski definition) is 3. The molecule has 7 nitrogen and oxygen atoms in total. The average molecular weight is 294 g/mol. The van der Waals surface area contributed by atoms with Gasteiger partial charge in [0.05, 0.1) is 16.7 Å².